The molecule has 130 valence electrons. The average molecular weight is 360 g/mol. The monoisotopic (exact) mass is 360 g/mol. The number of thiophene rings is 1. The normalized spacial score (nSPS) is 21.3. The van der Waals surface area contributed by atoms with E-state index in [0.29, 0.717) is 6.42 Å². The molecule has 0 fully saturated rings. The number of carbonyl (C=O) groups excluding carboxylic acids is 1. The van der Waals surface area contributed by atoms with Crippen molar-refractivity contribution in [2.75, 3.05) is 5.32 Å². The van der Waals surface area contributed by atoms with Crippen molar-refractivity contribution in [3.63, 3.8) is 0 Å². The quantitative estimate of drug-likeness (QED) is 0.614. The number of ketones is 1. The largest absolute Gasteiger partial charge is 0.373 e. The lowest BCUT2D eigenvalue weighted by Crippen LogP contribution is -2.32. The maximum Gasteiger partial charge on any atom is 0.162 e. The van der Waals surface area contributed by atoms with E-state index in [2.05, 4.69) is 59.9 Å². The first-order chi connectivity index (χ1) is 12.5. The van der Waals surface area contributed by atoms with Gasteiger partial charge < -0.3 is 5.32 Å². The summed E-state index contributed by atoms with van der Waals surface area (Å²) in [5, 5.41) is 6.86. The Labute approximate surface area is 156 Å². The number of nitrogens with zero attached hydrogens (tertiary/aromatic N) is 1. The van der Waals surface area contributed by atoms with E-state index in [9.17, 15) is 4.79 Å². The number of Topliss-reactive ketones (excluding diaryl/α,β-unsaturated/α-hetero) is 1. The van der Waals surface area contributed by atoms with Gasteiger partial charge in [-0.25, -0.2) is 0 Å². The molecule has 0 spiro atoms. The van der Waals surface area contributed by atoms with Crippen LogP contribution in [-0.2, 0) is 4.79 Å². The zero-order valence-corrected chi connectivity index (χ0v) is 15.7. The van der Waals surface area contributed by atoms with Crippen molar-refractivity contribution in [2.45, 2.75) is 32.7 Å². The van der Waals surface area contributed by atoms with Gasteiger partial charge in [-0.05, 0) is 47.1 Å². The number of pyridine rings is 1. The minimum absolute atomic E-state index is 0.0189. The molecule has 0 saturated carbocycles. The summed E-state index contributed by atoms with van der Waals surface area (Å²) < 4.78 is 0. The number of hydrogen-bond donors (Lipinski definition) is 1. The van der Waals surface area contributed by atoms with E-state index in [4.69, 9.17) is 0 Å². The molecule has 2 aliphatic rings. The van der Waals surface area contributed by atoms with Crippen LogP contribution in [0.2, 0.25) is 0 Å². The maximum atomic E-state index is 13.2. The predicted octanol–water partition coefficient (Wildman–Crippen LogP) is 5.61. The molecule has 3 nitrogen and oxygen atoms in total. The lowest BCUT2D eigenvalue weighted by atomic mass is 9.68. The Morgan fingerprint density at radius 3 is 2.85 bits per heavy atom. The molecule has 0 bridgehead atoms. The highest BCUT2D eigenvalue weighted by Gasteiger charge is 2.41. The molecule has 1 aliphatic carbocycles. The molecule has 0 radical (unpaired) electrons. The third-order valence-corrected chi connectivity index (χ3v) is 6.36. The Balaban J connectivity index is 1.83. The van der Waals surface area contributed by atoms with Crippen molar-refractivity contribution in [3.05, 3.63) is 64.0 Å². The maximum absolute atomic E-state index is 13.2. The summed E-state index contributed by atoms with van der Waals surface area (Å²) in [5.41, 5.74) is 5.39. The predicted molar refractivity (Wildman–Crippen MR) is 107 cm³/mol. The summed E-state index contributed by atoms with van der Waals surface area (Å²) in [4.78, 5) is 18.9. The Morgan fingerprint density at radius 1 is 1.15 bits per heavy atom. The molecule has 1 aromatic carbocycles. The lowest BCUT2D eigenvalue weighted by Gasteiger charge is -2.39. The molecule has 26 heavy (non-hydrogen) atoms. The van der Waals surface area contributed by atoms with Crippen LogP contribution in [0.1, 0.15) is 43.2 Å². The molecule has 0 saturated heterocycles. The highest BCUT2D eigenvalue weighted by Crippen LogP contribution is 2.52. The molecular weight excluding hydrogens is 340 g/mol. The second-order valence-electron chi connectivity index (χ2n) is 7.98. The second kappa shape index (κ2) is 5.52. The topological polar surface area (TPSA) is 42.0 Å². The molecule has 0 amide bonds. The van der Waals surface area contributed by atoms with Gasteiger partial charge in [-0.15, -0.1) is 11.3 Å². The molecule has 4 heteroatoms. The smallest absolute Gasteiger partial charge is 0.162 e. The molecule has 3 heterocycles. The van der Waals surface area contributed by atoms with Gasteiger partial charge in [-0.3, -0.25) is 9.78 Å². The van der Waals surface area contributed by atoms with Gasteiger partial charge in [0, 0.05) is 39.7 Å². The zero-order valence-electron chi connectivity index (χ0n) is 14.9. The van der Waals surface area contributed by atoms with Crippen molar-refractivity contribution in [1.29, 1.82) is 0 Å². The Morgan fingerprint density at radius 2 is 2.04 bits per heavy atom. The fourth-order valence-electron chi connectivity index (χ4n) is 4.39. The van der Waals surface area contributed by atoms with E-state index in [1.807, 2.05) is 12.3 Å². The second-order valence-corrected chi connectivity index (χ2v) is 8.96. The van der Waals surface area contributed by atoms with Crippen LogP contribution in [-0.4, -0.2) is 10.8 Å². The Bertz CT molecular complexity index is 1060. The third-order valence-electron chi connectivity index (χ3n) is 5.42. The van der Waals surface area contributed by atoms with E-state index in [1.54, 1.807) is 11.3 Å². The van der Waals surface area contributed by atoms with Crippen molar-refractivity contribution in [2.24, 2.45) is 5.41 Å². The number of rotatable bonds is 1. The van der Waals surface area contributed by atoms with Crippen LogP contribution in [0, 0.1) is 5.41 Å². The van der Waals surface area contributed by atoms with E-state index >= 15 is 0 Å². The van der Waals surface area contributed by atoms with Gasteiger partial charge in [-0.2, -0.15) is 0 Å². The Kier molecular flexibility index (Phi) is 3.35. The summed E-state index contributed by atoms with van der Waals surface area (Å²) in [6.07, 6.45) is 3.34. The van der Waals surface area contributed by atoms with Gasteiger partial charge in [-0.1, -0.05) is 26.0 Å². The number of hydrogen-bond acceptors (Lipinski definition) is 4. The molecule has 0 unspecified atom stereocenters. The van der Waals surface area contributed by atoms with E-state index in [-0.39, 0.29) is 17.2 Å². The highest BCUT2D eigenvalue weighted by molar-refractivity contribution is 7.10. The summed E-state index contributed by atoms with van der Waals surface area (Å²) in [6, 6.07) is 12.4. The van der Waals surface area contributed by atoms with Crippen LogP contribution >= 0.6 is 11.3 Å². The van der Waals surface area contributed by atoms with Gasteiger partial charge in [0.1, 0.15) is 0 Å². The lowest BCUT2D eigenvalue weighted by molar-refractivity contribution is -0.118. The third kappa shape index (κ3) is 2.32. The van der Waals surface area contributed by atoms with Crippen LogP contribution in [0.4, 0.5) is 5.69 Å². The molecule has 2 aromatic heterocycles. The highest BCUT2D eigenvalue weighted by atomic mass is 32.1. The van der Waals surface area contributed by atoms with Crippen molar-refractivity contribution < 1.29 is 4.79 Å². The van der Waals surface area contributed by atoms with Crippen LogP contribution < -0.4 is 5.32 Å². The number of carbonyl (C=O) groups is 1. The van der Waals surface area contributed by atoms with Crippen LogP contribution in [0.15, 0.2) is 53.5 Å². The summed E-state index contributed by atoms with van der Waals surface area (Å²) in [6.45, 7) is 4.39. The van der Waals surface area contributed by atoms with E-state index in [0.717, 1.165) is 28.6 Å². The standard InChI is InChI=1S/C22H20N2OS/c1-22(2)11-14-19-13-5-3-9-23-15(13)7-8-16(19)24-21(18-6-4-10-26-18)20(14)17(25)12-22/h3-10,21,24H,11-12H2,1-2H3/t21-/m1/s1. The first kappa shape index (κ1) is 15.8. The summed E-state index contributed by atoms with van der Waals surface area (Å²) >= 11 is 1.70. The molecule has 1 aliphatic heterocycles. The van der Waals surface area contributed by atoms with Crippen LogP contribution in [0.3, 0.4) is 0 Å². The van der Waals surface area contributed by atoms with Gasteiger partial charge in [0.05, 0.1) is 11.6 Å². The van der Waals surface area contributed by atoms with Crippen LogP contribution in [0.5, 0.6) is 0 Å². The minimum Gasteiger partial charge on any atom is -0.373 e. The number of nitrogens with one attached hydrogen (secondary N) is 1. The van der Waals surface area contributed by atoms with Gasteiger partial charge in [0.25, 0.3) is 0 Å². The van der Waals surface area contributed by atoms with E-state index in [1.165, 1.54) is 16.0 Å². The number of aromatic nitrogens is 1. The molecule has 5 rings (SSSR count). The number of benzene rings is 1. The van der Waals surface area contributed by atoms with E-state index < -0.39 is 0 Å². The number of anilines is 1. The van der Waals surface area contributed by atoms with Gasteiger partial charge in [0.15, 0.2) is 5.78 Å². The average Bonchev–Trinajstić information content (AvgIpc) is 3.14. The van der Waals surface area contributed by atoms with Gasteiger partial charge >= 0.3 is 0 Å². The SMILES string of the molecule is CC1(C)CC(=O)C2=C(C1)c1c(ccc3ncccc13)N[C@@H]2c1cccs1. The van der Waals surface area contributed by atoms with Crippen molar-refractivity contribution >= 4 is 39.3 Å². The van der Waals surface area contributed by atoms with Crippen LogP contribution in [0.25, 0.3) is 16.5 Å². The zero-order chi connectivity index (χ0) is 17.9. The first-order valence-corrected chi connectivity index (χ1v) is 9.86. The Hall–Kier alpha value is -2.46. The summed E-state index contributed by atoms with van der Waals surface area (Å²) in [5.74, 6) is 0.272. The summed E-state index contributed by atoms with van der Waals surface area (Å²) in [7, 11) is 0. The molecule has 1 atom stereocenters. The molecular formula is C22H20N2OS. The molecule has 1 N–H and O–H groups in total. The minimum atomic E-state index is -0.0461. The fraction of sp³-hybridized carbons (Fsp3) is 0.273. The van der Waals surface area contributed by atoms with Crippen molar-refractivity contribution in [3.8, 4) is 0 Å². The fourth-order valence-corrected chi connectivity index (χ4v) is 5.17. The van der Waals surface area contributed by atoms with Gasteiger partial charge in [0.2, 0.25) is 0 Å². The number of allylic oxidation sites excluding steroid dienone is 1. The first-order valence-electron chi connectivity index (χ1n) is 8.98. The number of fused-ring (bicyclic) bond motifs is 4. The molecule has 3 aromatic rings. The van der Waals surface area contributed by atoms with Crippen molar-refractivity contribution in [1.82, 2.24) is 4.98 Å².